The number of carbonyl (C=O) groups is 1. The van der Waals surface area contributed by atoms with Gasteiger partial charge >= 0.3 is 5.97 Å². The van der Waals surface area contributed by atoms with Gasteiger partial charge in [0.05, 0.1) is 21.4 Å². The van der Waals surface area contributed by atoms with Gasteiger partial charge in [-0.25, -0.2) is 13.2 Å². The predicted octanol–water partition coefficient (Wildman–Crippen LogP) is 1.99. The van der Waals surface area contributed by atoms with Gasteiger partial charge in [-0.3, -0.25) is 0 Å². The first-order chi connectivity index (χ1) is 11.3. The Morgan fingerprint density at radius 2 is 1.88 bits per heavy atom. The summed E-state index contributed by atoms with van der Waals surface area (Å²) in [6, 6.07) is 7.07. The second-order valence-corrected chi connectivity index (χ2v) is 7.81. The fourth-order valence-electron chi connectivity index (χ4n) is 2.88. The highest BCUT2D eigenvalue weighted by Gasteiger charge is 2.21. The zero-order chi connectivity index (χ0) is 17.6. The lowest BCUT2D eigenvalue weighted by atomic mass is 9.95. The van der Waals surface area contributed by atoms with Crippen LogP contribution in [0.15, 0.2) is 24.3 Å². The first kappa shape index (κ1) is 18.9. The Hall–Kier alpha value is -1.44. The fourth-order valence-corrected chi connectivity index (χ4v) is 3.52. The summed E-state index contributed by atoms with van der Waals surface area (Å²) in [6.07, 6.45) is 4.52. The summed E-state index contributed by atoms with van der Waals surface area (Å²) in [5, 5.41) is 3.23. The van der Waals surface area contributed by atoms with E-state index >= 15 is 0 Å². The van der Waals surface area contributed by atoms with E-state index in [-0.39, 0.29) is 12.6 Å². The summed E-state index contributed by atoms with van der Waals surface area (Å²) in [5.41, 5.74) is 1.34. The predicted molar refractivity (Wildman–Crippen MR) is 89.8 cm³/mol. The van der Waals surface area contributed by atoms with Crippen LogP contribution in [0.2, 0.25) is 0 Å². The first-order valence-corrected chi connectivity index (χ1v) is 9.86. The van der Waals surface area contributed by atoms with E-state index in [0.29, 0.717) is 5.56 Å². The number of hydrogen-bond donors (Lipinski definition) is 1. The Morgan fingerprint density at radius 3 is 2.46 bits per heavy atom. The molecule has 1 saturated carbocycles. The van der Waals surface area contributed by atoms with E-state index in [9.17, 15) is 17.8 Å². The minimum absolute atomic E-state index is 0.170. The lowest BCUT2D eigenvalue weighted by Crippen LogP contribution is -2.41. The maximum absolute atomic E-state index is 12.2. The smallest absolute Gasteiger partial charge is 0.338 e. The highest BCUT2D eigenvalue weighted by atomic mass is 32.2. The Bertz CT molecular complexity index is 635. The summed E-state index contributed by atoms with van der Waals surface area (Å²) in [5.74, 6) is -1.33. The quantitative estimate of drug-likeness (QED) is 0.594. The highest BCUT2D eigenvalue weighted by molar-refractivity contribution is 7.85. The number of esters is 1. The molecule has 0 saturated heterocycles. The summed E-state index contributed by atoms with van der Waals surface area (Å²) in [6.45, 7) is 2.07. The van der Waals surface area contributed by atoms with Crippen molar-refractivity contribution in [2.24, 2.45) is 0 Å². The molecule has 0 aliphatic heterocycles. The van der Waals surface area contributed by atoms with Gasteiger partial charge in [0.25, 0.3) is 0 Å². The van der Waals surface area contributed by atoms with Gasteiger partial charge < -0.3 is 14.6 Å². The maximum atomic E-state index is 12.2. The number of hydrogen-bond acceptors (Lipinski definition) is 6. The average molecular weight is 354 g/mol. The third-order valence-corrected chi connectivity index (χ3v) is 4.97. The minimum atomic E-state index is -4.48. The topological polar surface area (TPSA) is 95.5 Å². The normalized spacial score (nSPS) is 17.4. The molecule has 0 radical (unpaired) electrons. The molecule has 0 aromatic heterocycles. The molecule has 1 N–H and O–H groups in total. The van der Waals surface area contributed by atoms with Crippen LogP contribution in [-0.2, 0) is 14.9 Å². The molecule has 6 nitrogen and oxygen atoms in total. The maximum Gasteiger partial charge on any atom is 0.338 e. The van der Waals surface area contributed by atoms with Crippen LogP contribution in [0.1, 0.15) is 48.0 Å². The van der Waals surface area contributed by atoms with E-state index in [1.807, 2.05) is 6.92 Å². The van der Waals surface area contributed by atoms with E-state index < -0.39 is 27.9 Å². The monoisotopic (exact) mass is 354 g/mol. The molecule has 7 heteroatoms. The molecule has 1 fully saturated rings. The molecule has 0 amide bonds. The largest absolute Gasteiger partial charge is 0.748 e. The van der Waals surface area contributed by atoms with Crippen molar-refractivity contribution >= 4 is 16.1 Å². The molecule has 24 heavy (non-hydrogen) atoms. The average Bonchev–Trinajstić information content (AvgIpc) is 2.53. The molecular formula is C17H24NO5S-. The van der Waals surface area contributed by atoms with E-state index in [0.717, 1.165) is 31.2 Å². The van der Waals surface area contributed by atoms with Crippen LogP contribution in [0, 0.1) is 6.92 Å². The van der Waals surface area contributed by atoms with Crippen molar-refractivity contribution in [3.63, 3.8) is 0 Å². The van der Waals surface area contributed by atoms with Crippen molar-refractivity contribution < 1.29 is 22.5 Å². The third kappa shape index (κ3) is 6.59. The Balaban J connectivity index is 1.96. The van der Waals surface area contributed by atoms with E-state index in [2.05, 4.69) is 5.32 Å². The number of rotatable bonds is 7. The first-order valence-electron chi connectivity index (χ1n) is 8.28. The lowest BCUT2D eigenvalue weighted by Gasteiger charge is -2.26. The van der Waals surface area contributed by atoms with E-state index in [4.69, 9.17) is 4.74 Å². The highest BCUT2D eigenvalue weighted by Crippen LogP contribution is 2.17. The molecule has 2 rings (SSSR count). The van der Waals surface area contributed by atoms with Gasteiger partial charge in [0, 0.05) is 12.6 Å². The summed E-state index contributed by atoms with van der Waals surface area (Å²) >= 11 is 0. The summed E-state index contributed by atoms with van der Waals surface area (Å²) in [7, 11) is -4.48. The van der Waals surface area contributed by atoms with Crippen molar-refractivity contribution in [3.8, 4) is 0 Å². The zero-order valence-electron chi connectivity index (χ0n) is 13.9. The van der Waals surface area contributed by atoms with Gasteiger partial charge in [-0.15, -0.1) is 0 Å². The van der Waals surface area contributed by atoms with Crippen molar-refractivity contribution in [2.75, 3.05) is 12.3 Å². The molecule has 0 spiro atoms. The molecular weight excluding hydrogens is 330 g/mol. The molecule has 0 bridgehead atoms. The van der Waals surface area contributed by atoms with Gasteiger partial charge in [-0.05, 0) is 31.9 Å². The Kier molecular flexibility index (Phi) is 6.77. The van der Waals surface area contributed by atoms with E-state index in [1.165, 1.54) is 6.42 Å². The van der Waals surface area contributed by atoms with Crippen molar-refractivity contribution in [1.29, 1.82) is 0 Å². The second-order valence-electron chi connectivity index (χ2n) is 6.36. The standard InChI is InChI=1S/C17H25NO5S/c1-13-7-9-14(10-8-13)17(19)23-16(12-24(20,21)22)11-18-15-5-3-2-4-6-15/h7-10,15-16,18H,2-6,11-12H2,1H3,(H,20,21,22)/p-1. The fraction of sp³-hybridized carbons (Fsp3) is 0.588. The Morgan fingerprint density at radius 1 is 1.25 bits per heavy atom. The lowest BCUT2D eigenvalue weighted by molar-refractivity contribution is 0.0338. The van der Waals surface area contributed by atoms with Gasteiger partial charge in [0.2, 0.25) is 0 Å². The van der Waals surface area contributed by atoms with Crippen LogP contribution in [-0.4, -0.2) is 43.4 Å². The molecule has 1 aromatic carbocycles. The van der Waals surface area contributed by atoms with Crippen LogP contribution >= 0.6 is 0 Å². The number of carbonyl (C=O) groups excluding carboxylic acids is 1. The van der Waals surface area contributed by atoms with Crippen LogP contribution in [0.25, 0.3) is 0 Å². The third-order valence-electron chi connectivity index (χ3n) is 4.19. The second kappa shape index (κ2) is 8.60. The van der Waals surface area contributed by atoms with Crippen LogP contribution < -0.4 is 5.32 Å². The molecule has 1 aromatic rings. The van der Waals surface area contributed by atoms with Crippen LogP contribution in [0.4, 0.5) is 0 Å². The van der Waals surface area contributed by atoms with Crippen molar-refractivity contribution in [3.05, 3.63) is 35.4 Å². The van der Waals surface area contributed by atoms with Crippen molar-refractivity contribution in [2.45, 2.75) is 51.2 Å². The number of aryl methyl sites for hydroxylation is 1. The molecule has 0 heterocycles. The Labute approximate surface area is 143 Å². The van der Waals surface area contributed by atoms with Gasteiger partial charge in [-0.2, -0.15) is 0 Å². The molecule has 1 aliphatic rings. The van der Waals surface area contributed by atoms with Crippen LogP contribution in [0.3, 0.4) is 0 Å². The number of benzene rings is 1. The van der Waals surface area contributed by atoms with Crippen molar-refractivity contribution in [1.82, 2.24) is 5.32 Å². The van der Waals surface area contributed by atoms with Gasteiger partial charge in [0.1, 0.15) is 6.10 Å². The minimum Gasteiger partial charge on any atom is -0.748 e. The number of ether oxygens (including phenoxy) is 1. The molecule has 1 unspecified atom stereocenters. The SMILES string of the molecule is Cc1ccc(C(=O)OC(CNC2CCCCC2)CS(=O)(=O)[O-])cc1. The molecule has 1 atom stereocenters. The van der Waals surface area contributed by atoms with Crippen LogP contribution in [0.5, 0.6) is 0 Å². The number of nitrogens with one attached hydrogen (secondary N) is 1. The summed E-state index contributed by atoms with van der Waals surface area (Å²) in [4.78, 5) is 12.2. The van der Waals surface area contributed by atoms with Gasteiger partial charge in [0.15, 0.2) is 0 Å². The zero-order valence-corrected chi connectivity index (χ0v) is 14.7. The summed E-state index contributed by atoms with van der Waals surface area (Å²) < 4.78 is 38.5. The van der Waals surface area contributed by atoms with E-state index in [1.54, 1.807) is 24.3 Å². The molecule has 1 aliphatic carbocycles. The van der Waals surface area contributed by atoms with Gasteiger partial charge in [-0.1, -0.05) is 37.0 Å². The molecule has 134 valence electrons.